The molecule has 0 unspecified atom stereocenters. The predicted molar refractivity (Wildman–Crippen MR) is 92.7 cm³/mol. The Morgan fingerprint density at radius 3 is 2.43 bits per heavy atom. The number of hydrogen-bond acceptors (Lipinski definition) is 3. The number of benzene rings is 1. The second kappa shape index (κ2) is 10.1. The van der Waals surface area contributed by atoms with Crippen LogP contribution in [0.25, 0.3) is 0 Å². The molecule has 1 N–H and O–H groups in total. The molecule has 0 bridgehead atoms. The maximum absolute atomic E-state index is 11.9. The van der Waals surface area contributed by atoms with Crippen LogP contribution in [-0.2, 0) is 4.79 Å². The minimum atomic E-state index is -0.0833. The molecular weight excluding hydrogens is 259 g/mol. The van der Waals surface area contributed by atoms with Crippen LogP contribution in [-0.4, -0.2) is 65.2 Å². The van der Waals surface area contributed by atoms with Crippen LogP contribution in [0.3, 0.4) is 0 Å². The minimum absolute atomic E-state index is 0.0833. The number of carbonyl (C=O) groups excluding carboxylic acids is 1. The van der Waals surface area contributed by atoms with Gasteiger partial charge in [-0.1, -0.05) is 0 Å². The molecule has 0 atom stereocenters. The number of ether oxygens (including phenoxy) is 1. The normalized spacial score (nSPS) is 10.1. The Hall–Kier alpha value is -1.71. The van der Waals surface area contributed by atoms with E-state index in [2.05, 4.69) is 5.32 Å². The first-order chi connectivity index (χ1) is 10.2. The van der Waals surface area contributed by atoms with Gasteiger partial charge in [0.2, 0.25) is 0 Å². The zero-order valence-corrected chi connectivity index (χ0v) is 12.2. The molecule has 1 aromatic rings. The summed E-state index contributed by atoms with van der Waals surface area (Å²) in [6.45, 7) is 5.82. The Kier molecular flexibility index (Phi) is 8.32. The predicted octanol–water partition coefficient (Wildman–Crippen LogP) is -0.189. The molecule has 0 aliphatic carbocycles. The average Bonchev–Trinajstić information content (AvgIpc) is 2.48. The Bertz CT molecular complexity index is 479. The SMILES string of the molecule is [B]B=CN(C=B[B])CCC(=O)Nc1ccc(OCC)cc1. The van der Waals surface area contributed by atoms with E-state index in [9.17, 15) is 4.79 Å². The van der Waals surface area contributed by atoms with Crippen molar-refractivity contribution in [2.75, 3.05) is 18.5 Å². The van der Waals surface area contributed by atoms with Gasteiger partial charge in [0.25, 0.3) is 0 Å². The maximum atomic E-state index is 11.9. The molecule has 0 aliphatic rings. The zero-order valence-electron chi connectivity index (χ0n) is 12.2. The van der Waals surface area contributed by atoms with E-state index in [-0.39, 0.29) is 5.91 Å². The molecule has 8 heteroatoms. The Labute approximate surface area is 129 Å². The van der Waals surface area contributed by atoms with E-state index in [0.717, 1.165) is 11.4 Å². The number of carbonyl (C=O) groups is 1. The molecule has 1 aromatic carbocycles. The summed E-state index contributed by atoms with van der Waals surface area (Å²) < 4.78 is 5.34. The van der Waals surface area contributed by atoms with Gasteiger partial charge in [-0.2, -0.15) is 0 Å². The van der Waals surface area contributed by atoms with Gasteiger partial charge in [0, 0.05) is 0 Å². The van der Waals surface area contributed by atoms with Crippen LogP contribution in [0.2, 0.25) is 0 Å². The van der Waals surface area contributed by atoms with E-state index >= 15 is 0 Å². The fourth-order valence-corrected chi connectivity index (χ4v) is 1.68. The van der Waals surface area contributed by atoms with Gasteiger partial charge >= 0.3 is 122 Å². The van der Waals surface area contributed by atoms with Crippen LogP contribution in [0, 0.1) is 0 Å². The summed E-state index contributed by atoms with van der Waals surface area (Å²) in [7, 11) is 10.6. The van der Waals surface area contributed by atoms with E-state index in [0.29, 0.717) is 19.6 Å². The summed E-state index contributed by atoms with van der Waals surface area (Å²) in [5, 5.41) is 2.82. The van der Waals surface area contributed by atoms with Crippen molar-refractivity contribution in [1.29, 1.82) is 0 Å². The number of nitrogens with zero attached hydrogens (tertiary/aromatic N) is 1. The van der Waals surface area contributed by atoms with Crippen molar-refractivity contribution in [3.05, 3.63) is 24.3 Å². The van der Waals surface area contributed by atoms with Gasteiger partial charge in [0.1, 0.15) is 0 Å². The van der Waals surface area contributed by atoms with Crippen molar-refractivity contribution in [3.63, 3.8) is 0 Å². The quantitative estimate of drug-likeness (QED) is 0.669. The summed E-state index contributed by atoms with van der Waals surface area (Å²) in [4.78, 5) is 13.6. The first kappa shape index (κ1) is 17.3. The molecule has 0 heterocycles. The molecule has 4 radical (unpaired) electrons. The van der Waals surface area contributed by atoms with Crippen LogP contribution in [0.5, 0.6) is 5.75 Å². The molecule has 0 aliphatic heterocycles. The van der Waals surface area contributed by atoms with E-state index in [1.165, 1.54) is 13.6 Å². The summed E-state index contributed by atoms with van der Waals surface area (Å²) >= 11 is 0. The van der Waals surface area contributed by atoms with Gasteiger partial charge in [0.15, 0.2) is 0 Å². The van der Waals surface area contributed by atoms with Crippen molar-refractivity contribution in [2.24, 2.45) is 0 Å². The molecule has 0 saturated carbocycles. The fraction of sp³-hybridized carbons (Fsp3) is 0.308. The monoisotopic (exact) mass is 276 g/mol. The Balaban J connectivity index is 2.45. The number of anilines is 1. The van der Waals surface area contributed by atoms with Gasteiger partial charge in [-0.25, -0.2) is 0 Å². The first-order valence-corrected chi connectivity index (χ1v) is 6.74. The second-order valence-corrected chi connectivity index (χ2v) is 4.18. The van der Waals surface area contributed by atoms with Crippen LogP contribution < -0.4 is 10.1 Å². The summed E-state index contributed by atoms with van der Waals surface area (Å²) in [6, 6.07) is 7.25. The van der Waals surface area contributed by atoms with Crippen LogP contribution in [0.4, 0.5) is 5.69 Å². The molecule has 102 valence electrons. The zero-order chi connectivity index (χ0) is 15.5. The van der Waals surface area contributed by atoms with Gasteiger partial charge < -0.3 is 0 Å². The van der Waals surface area contributed by atoms with Gasteiger partial charge in [-0.3, -0.25) is 0 Å². The van der Waals surface area contributed by atoms with E-state index in [1.54, 1.807) is 29.2 Å². The van der Waals surface area contributed by atoms with Crippen LogP contribution in [0.1, 0.15) is 13.3 Å². The molecule has 4 nitrogen and oxygen atoms in total. The third-order valence-electron chi connectivity index (χ3n) is 2.60. The fourth-order valence-electron chi connectivity index (χ4n) is 1.68. The average molecular weight is 276 g/mol. The van der Waals surface area contributed by atoms with E-state index in [4.69, 9.17) is 20.2 Å². The number of amides is 1. The molecule has 0 fully saturated rings. The van der Waals surface area contributed by atoms with Crippen molar-refractivity contribution in [2.45, 2.75) is 13.3 Å². The molecule has 0 aromatic heterocycles. The molecule has 0 spiro atoms. The first-order valence-electron chi connectivity index (χ1n) is 6.74. The molecular formula is C13H16B4N2O2. The topological polar surface area (TPSA) is 41.6 Å². The van der Waals surface area contributed by atoms with Crippen molar-refractivity contribution in [3.8, 4) is 5.75 Å². The number of nitrogens with one attached hydrogen (secondary N) is 1. The van der Waals surface area contributed by atoms with Gasteiger partial charge in [0.05, 0.1) is 0 Å². The summed E-state index contributed by atoms with van der Waals surface area (Å²) in [6.07, 6.45) is 3.61. The van der Waals surface area contributed by atoms with Crippen LogP contribution >= 0.6 is 0 Å². The van der Waals surface area contributed by atoms with Gasteiger partial charge in [-0.15, -0.1) is 0 Å². The standard InChI is InChI=1S/C13H16B4N2O2/c1-2-21-12-5-3-11(4-6-12)18-13(20)7-8-19(9-16-14)10-17-15/h3-6,9-10H,2,7-8H2,1H3,(H,18,20). The van der Waals surface area contributed by atoms with E-state index in [1.807, 2.05) is 19.1 Å². The third-order valence-corrected chi connectivity index (χ3v) is 2.60. The second-order valence-electron chi connectivity index (χ2n) is 4.18. The van der Waals surface area contributed by atoms with Crippen molar-refractivity contribution >= 4 is 52.9 Å². The van der Waals surface area contributed by atoms with Crippen LogP contribution in [0.15, 0.2) is 24.3 Å². The molecule has 21 heavy (non-hydrogen) atoms. The summed E-state index contributed by atoms with van der Waals surface area (Å²) in [5.74, 6) is 0.697. The Morgan fingerprint density at radius 1 is 1.29 bits per heavy atom. The third kappa shape index (κ3) is 7.02. The molecule has 0 saturated heterocycles. The summed E-state index contributed by atoms with van der Waals surface area (Å²) in [5.41, 5.74) is 0.735. The Morgan fingerprint density at radius 2 is 1.90 bits per heavy atom. The van der Waals surface area contributed by atoms with Gasteiger partial charge in [-0.05, 0) is 6.92 Å². The van der Waals surface area contributed by atoms with Crippen molar-refractivity contribution < 1.29 is 9.53 Å². The molecule has 1 rings (SSSR count). The number of hydrogen-bond donors (Lipinski definition) is 1. The van der Waals surface area contributed by atoms with E-state index < -0.39 is 0 Å². The number of rotatable bonds is 8. The molecule has 1 amide bonds. The van der Waals surface area contributed by atoms with Crippen molar-refractivity contribution in [1.82, 2.24) is 4.90 Å².